The van der Waals surface area contributed by atoms with E-state index in [1.54, 1.807) is 0 Å². The summed E-state index contributed by atoms with van der Waals surface area (Å²) in [5, 5.41) is 8.68. The molecular weight excluding hydrogens is 218 g/mol. The van der Waals surface area contributed by atoms with Crippen LogP contribution in [0.2, 0.25) is 0 Å². The minimum Gasteiger partial charge on any atom is -0.394 e. The molecule has 0 aromatic rings. The number of aliphatic hydroxyl groups excluding tert-OH is 1. The van der Waals surface area contributed by atoms with Gasteiger partial charge in [0.05, 0.1) is 19.3 Å². The SMILES string of the molecule is O=C(CC1CCC1)N1CCC(OCCO)CC1. The predicted octanol–water partition coefficient (Wildman–Crippen LogP) is 1.18. The molecule has 1 amide bonds. The molecule has 1 aliphatic carbocycles. The van der Waals surface area contributed by atoms with Gasteiger partial charge in [-0.05, 0) is 31.6 Å². The monoisotopic (exact) mass is 241 g/mol. The molecule has 2 rings (SSSR count). The van der Waals surface area contributed by atoms with Gasteiger partial charge in [-0.2, -0.15) is 0 Å². The van der Waals surface area contributed by atoms with Crippen molar-refractivity contribution >= 4 is 5.91 Å². The third-order valence-corrected chi connectivity index (χ3v) is 3.93. The van der Waals surface area contributed by atoms with Crippen LogP contribution in [-0.4, -0.2) is 48.3 Å². The number of hydrogen-bond donors (Lipinski definition) is 1. The largest absolute Gasteiger partial charge is 0.394 e. The zero-order valence-electron chi connectivity index (χ0n) is 10.4. The Morgan fingerprint density at radius 3 is 2.47 bits per heavy atom. The first kappa shape index (κ1) is 12.8. The normalized spacial score (nSPS) is 22.5. The Balaban J connectivity index is 1.65. The van der Waals surface area contributed by atoms with Gasteiger partial charge in [0.1, 0.15) is 0 Å². The van der Waals surface area contributed by atoms with Crippen molar-refractivity contribution in [3.05, 3.63) is 0 Å². The van der Waals surface area contributed by atoms with E-state index in [1.165, 1.54) is 19.3 Å². The summed E-state index contributed by atoms with van der Waals surface area (Å²) in [5.41, 5.74) is 0. The van der Waals surface area contributed by atoms with Crippen LogP contribution in [0, 0.1) is 5.92 Å². The molecular formula is C13H23NO3. The van der Waals surface area contributed by atoms with Crippen molar-refractivity contribution in [2.45, 2.75) is 44.6 Å². The number of carbonyl (C=O) groups is 1. The Morgan fingerprint density at radius 2 is 1.94 bits per heavy atom. The molecule has 0 radical (unpaired) electrons. The van der Waals surface area contributed by atoms with E-state index >= 15 is 0 Å². The summed E-state index contributed by atoms with van der Waals surface area (Å²) in [6.07, 6.45) is 6.59. The van der Waals surface area contributed by atoms with Gasteiger partial charge in [-0.25, -0.2) is 0 Å². The van der Waals surface area contributed by atoms with Gasteiger partial charge in [-0.3, -0.25) is 4.79 Å². The number of carbonyl (C=O) groups excluding carboxylic acids is 1. The molecule has 17 heavy (non-hydrogen) atoms. The number of hydrogen-bond acceptors (Lipinski definition) is 3. The summed E-state index contributed by atoms with van der Waals surface area (Å²) < 4.78 is 5.49. The van der Waals surface area contributed by atoms with Crippen LogP contribution < -0.4 is 0 Å². The average Bonchev–Trinajstić information content (AvgIpc) is 2.31. The topological polar surface area (TPSA) is 49.8 Å². The van der Waals surface area contributed by atoms with E-state index < -0.39 is 0 Å². The summed E-state index contributed by atoms with van der Waals surface area (Å²) in [5.74, 6) is 0.987. The average molecular weight is 241 g/mol. The van der Waals surface area contributed by atoms with Crippen molar-refractivity contribution in [1.82, 2.24) is 4.90 Å². The molecule has 1 N–H and O–H groups in total. The van der Waals surface area contributed by atoms with Gasteiger partial charge in [0, 0.05) is 19.5 Å². The second-order valence-electron chi connectivity index (χ2n) is 5.18. The third kappa shape index (κ3) is 3.68. The van der Waals surface area contributed by atoms with Crippen LogP contribution in [0.4, 0.5) is 0 Å². The maximum absolute atomic E-state index is 12.0. The quantitative estimate of drug-likeness (QED) is 0.786. The van der Waals surface area contributed by atoms with Crippen molar-refractivity contribution in [1.29, 1.82) is 0 Å². The number of amides is 1. The van der Waals surface area contributed by atoms with E-state index in [0.717, 1.165) is 32.4 Å². The van der Waals surface area contributed by atoms with Crippen molar-refractivity contribution in [2.24, 2.45) is 5.92 Å². The van der Waals surface area contributed by atoms with Crippen LogP contribution in [0.3, 0.4) is 0 Å². The van der Waals surface area contributed by atoms with E-state index in [1.807, 2.05) is 4.90 Å². The van der Waals surface area contributed by atoms with Crippen molar-refractivity contribution in [2.75, 3.05) is 26.3 Å². The Morgan fingerprint density at radius 1 is 1.24 bits per heavy atom. The third-order valence-electron chi connectivity index (χ3n) is 3.93. The van der Waals surface area contributed by atoms with Crippen LogP contribution >= 0.6 is 0 Å². The molecule has 1 saturated heterocycles. The van der Waals surface area contributed by atoms with E-state index in [9.17, 15) is 4.79 Å². The zero-order valence-corrected chi connectivity index (χ0v) is 10.4. The number of likely N-dealkylation sites (tertiary alicyclic amines) is 1. The number of nitrogens with zero attached hydrogens (tertiary/aromatic N) is 1. The van der Waals surface area contributed by atoms with Crippen LogP contribution in [0.1, 0.15) is 38.5 Å². The number of rotatable bonds is 5. The van der Waals surface area contributed by atoms with Gasteiger partial charge in [0.2, 0.25) is 5.91 Å². The van der Waals surface area contributed by atoms with E-state index in [4.69, 9.17) is 9.84 Å². The molecule has 98 valence electrons. The van der Waals surface area contributed by atoms with Gasteiger partial charge >= 0.3 is 0 Å². The molecule has 2 aliphatic rings. The maximum atomic E-state index is 12.0. The highest BCUT2D eigenvalue weighted by molar-refractivity contribution is 5.76. The molecule has 4 heteroatoms. The molecule has 0 aromatic carbocycles. The lowest BCUT2D eigenvalue weighted by atomic mass is 9.82. The summed E-state index contributed by atoms with van der Waals surface area (Å²) in [6, 6.07) is 0. The Bertz CT molecular complexity index is 245. The number of aliphatic hydroxyl groups is 1. The highest BCUT2D eigenvalue weighted by atomic mass is 16.5. The van der Waals surface area contributed by atoms with Crippen LogP contribution in [0.25, 0.3) is 0 Å². The molecule has 1 saturated carbocycles. The fourth-order valence-electron chi connectivity index (χ4n) is 2.56. The molecule has 0 spiro atoms. The van der Waals surface area contributed by atoms with Crippen molar-refractivity contribution < 1.29 is 14.6 Å². The molecule has 4 nitrogen and oxygen atoms in total. The number of ether oxygens (including phenoxy) is 1. The van der Waals surface area contributed by atoms with E-state index in [2.05, 4.69) is 0 Å². The lowest BCUT2D eigenvalue weighted by Gasteiger charge is -2.34. The number of piperidine rings is 1. The van der Waals surface area contributed by atoms with Crippen LogP contribution in [0.15, 0.2) is 0 Å². The van der Waals surface area contributed by atoms with Crippen LogP contribution in [-0.2, 0) is 9.53 Å². The fourth-order valence-corrected chi connectivity index (χ4v) is 2.56. The first-order valence-corrected chi connectivity index (χ1v) is 6.80. The molecule has 0 atom stereocenters. The van der Waals surface area contributed by atoms with E-state index in [0.29, 0.717) is 18.4 Å². The van der Waals surface area contributed by atoms with Gasteiger partial charge in [-0.1, -0.05) is 6.42 Å². The standard InChI is InChI=1S/C13H23NO3/c15-8-9-17-12-4-6-14(7-5-12)13(16)10-11-2-1-3-11/h11-12,15H,1-10H2. The molecule has 1 heterocycles. The summed E-state index contributed by atoms with van der Waals surface area (Å²) in [4.78, 5) is 14.0. The van der Waals surface area contributed by atoms with Crippen molar-refractivity contribution in [3.63, 3.8) is 0 Å². The van der Waals surface area contributed by atoms with Crippen LogP contribution in [0.5, 0.6) is 0 Å². The zero-order chi connectivity index (χ0) is 12.1. The van der Waals surface area contributed by atoms with Gasteiger partial charge < -0.3 is 14.7 Å². The smallest absolute Gasteiger partial charge is 0.222 e. The molecule has 2 fully saturated rings. The molecule has 0 bridgehead atoms. The highest BCUT2D eigenvalue weighted by Crippen LogP contribution is 2.30. The summed E-state index contributed by atoms with van der Waals surface area (Å²) in [6.45, 7) is 2.14. The second-order valence-corrected chi connectivity index (χ2v) is 5.18. The maximum Gasteiger partial charge on any atom is 0.222 e. The fraction of sp³-hybridized carbons (Fsp3) is 0.923. The van der Waals surface area contributed by atoms with Gasteiger partial charge in [0.15, 0.2) is 0 Å². The van der Waals surface area contributed by atoms with Gasteiger partial charge in [-0.15, -0.1) is 0 Å². The highest BCUT2D eigenvalue weighted by Gasteiger charge is 2.27. The Labute approximate surface area is 103 Å². The van der Waals surface area contributed by atoms with Gasteiger partial charge in [0.25, 0.3) is 0 Å². The first-order chi connectivity index (χ1) is 8.29. The molecule has 1 aliphatic heterocycles. The predicted molar refractivity (Wildman–Crippen MR) is 64.6 cm³/mol. The minimum absolute atomic E-state index is 0.0842. The lowest BCUT2D eigenvalue weighted by molar-refractivity contribution is -0.135. The Kier molecular flexibility index (Phi) is 4.80. The minimum atomic E-state index is 0.0842. The Hall–Kier alpha value is -0.610. The lowest BCUT2D eigenvalue weighted by Crippen LogP contribution is -2.42. The molecule has 0 aromatic heterocycles. The summed E-state index contributed by atoms with van der Waals surface area (Å²) in [7, 11) is 0. The van der Waals surface area contributed by atoms with E-state index in [-0.39, 0.29) is 12.7 Å². The van der Waals surface area contributed by atoms with Crippen molar-refractivity contribution in [3.8, 4) is 0 Å². The second kappa shape index (κ2) is 6.36. The first-order valence-electron chi connectivity index (χ1n) is 6.80. The molecule has 0 unspecified atom stereocenters. The summed E-state index contributed by atoms with van der Waals surface area (Å²) >= 11 is 0.